The second-order valence-electron chi connectivity index (χ2n) is 3.89. The highest BCUT2D eigenvalue weighted by atomic mass is 16.6. The predicted octanol–water partition coefficient (Wildman–Crippen LogP) is -0.823. The lowest BCUT2D eigenvalue weighted by atomic mass is 10.3. The van der Waals surface area contributed by atoms with Crippen LogP contribution in [-0.2, 0) is 23.8 Å². The summed E-state index contributed by atoms with van der Waals surface area (Å²) in [6, 6.07) is 0. The van der Waals surface area contributed by atoms with Crippen LogP contribution in [0.25, 0.3) is 0 Å². The molecule has 0 radical (unpaired) electrons. The van der Waals surface area contributed by atoms with Gasteiger partial charge in [-0.25, -0.2) is 0 Å². The summed E-state index contributed by atoms with van der Waals surface area (Å²) in [5.74, 6) is -0.602. The SMILES string of the molecule is O=C1CC(OC(=O)CN2CCOCC2)CO1. The monoisotopic (exact) mass is 229 g/mol. The molecular weight excluding hydrogens is 214 g/mol. The Morgan fingerprint density at radius 2 is 2.19 bits per heavy atom. The number of carbonyl (C=O) groups is 2. The number of hydrogen-bond donors (Lipinski definition) is 0. The molecule has 0 aromatic carbocycles. The van der Waals surface area contributed by atoms with E-state index in [1.54, 1.807) is 0 Å². The molecule has 0 aliphatic carbocycles. The van der Waals surface area contributed by atoms with Crippen molar-refractivity contribution in [3.63, 3.8) is 0 Å². The van der Waals surface area contributed by atoms with E-state index in [1.807, 2.05) is 4.90 Å². The second kappa shape index (κ2) is 5.27. The Morgan fingerprint density at radius 1 is 1.44 bits per heavy atom. The number of morpholine rings is 1. The maximum atomic E-state index is 11.5. The zero-order chi connectivity index (χ0) is 11.4. The molecule has 0 aromatic heterocycles. The van der Waals surface area contributed by atoms with Gasteiger partial charge in [0.15, 0.2) is 0 Å². The van der Waals surface area contributed by atoms with E-state index in [0.29, 0.717) is 13.2 Å². The zero-order valence-corrected chi connectivity index (χ0v) is 9.02. The third-order valence-electron chi connectivity index (χ3n) is 2.58. The Labute approximate surface area is 93.4 Å². The molecule has 2 heterocycles. The molecule has 16 heavy (non-hydrogen) atoms. The van der Waals surface area contributed by atoms with Crippen LogP contribution in [0.5, 0.6) is 0 Å². The van der Waals surface area contributed by atoms with Gasteiger partial charge >= 0.3 is 11.9 Å². The smallest absolute Gasteiger partial charge is 0.320 e. The van der Waals surface area contributed by atoms with Gasteiger partial charge in [0.2, 0.25) is 0 Å². The van der Waals surface area contributed by atoms with Crippen LogP contribution in [0, 0.1) is 0 Å². The van der Waals surface area contributed by atoms with Crippen molar-refractivity contribution in [2.75, 3.05) is 39.5 Å². The minimum Gasteiger partial charge on any atom is -0.462 e. The first-order valence-corrected chi connectivity index (χ1v) is 5.39. The molecule has 2 aliphatic heterocycles. The molecule has 2 fully saturated rings. The number of carbonyl (C=O) groups excluding carboxylic acids is 2. The first-order chi connectivity index (χ1) is 7.74. The average molecular weight is 229 g/mol. The summed E-state index contributed by atoms with van der Waals surface area (Å²) in [7, 11) is 0. The number of cyclic esters (lactones) is 1. The van der Waals surface area contributed by atoms with Crippen molar-refractivity contribution in [3.05, 3.63) is 0 Å². The van der Waals surface area contributed by atoms with E-state index in [2.05, 4.69) is 0 Å². The molecule has 2 aliphatic rings. The number of hydrogen-bond acceptors (Lipinski definition) is 6. The van der Waals surface area contributed by atoms with Gasteiger partial charge in [-0.05, 0) is 0 Å². The summed E-state index contributed by atoms with van der Waals surface area (Å²) in [5, 5.41) is 0. The maximum absolute atomic E-state index is 11.5. The number of ether oxygens (including phenoxy) is 3. The molecule has 0 amide bonds. The van der Waals surface area contributed by atoms with Crippen molar-refractivity contribution >= 4 is 11.9 Å². The minimum atomic E-state index is -0.402. The molecule has 0 spiro atoms. The van der Waals surface area contributed by atoms with Gasteiger partial charge in [-0.2, -0.15) is 0 Å². The Kier molecular flexibility index (Phi) is 3.74. The van der Waals surface area contributed by atoms with Crippen LogP contribution in [-0.4, -0.2) is 62.4 Å². The van der Waals surface area contributed by atoms with E-state index in [0.717, 1.165) is 13.1 Å². The van der Waals surface area contributed by atoms with Crippen molar-refractivity contribution < 1.29 is 23.8 Å². The third kappa shape index (κ3) is 3.18. The summed E-state index contributed by atoms with van der Waals surface area (Å²) in [6.07, 6.45) is -0.226. The van der Waals surface area contributed by atoms with Gasteiger partial charge < -0.3 is 14.2 Å². The van der Waals surface area contributed by atoms with Crippen LogP contribution in [0.1, 0.15) is 6.42 Å². The third-order valence-corrected chi connectivity index (χ3v) is 2.58. The first-order valence-electron chi connectivity index (χ1n) is 5.39. The van der Waals surface area contributed by atoms with Gasteiger partial charge in [0.25, 0.3) is 0 Å². The van der Waals surface area contributed by atoms with Crippen molar-refractivity contribution in [2.24, 2.45) is 0 Å². The van der Waals surface area contributed by atoms with E-state index in [1.165, 1.54) is 0 Å². The Hall–Kier alpha value is -1.14. The lowest BCUT2D eigenvalue weighted by molar-refractivity contribution is -0.151. The van der Waals surface area contributed by atoms with E-state index in [4.69, 9.17) is 14.2 Å². The molecule has 90 valence electrons. The molecule has 0 bridgehead atoms. The van der Waals surface area contributed by atoms with Crippen LogP contribution in [0.4, 0.5) is 0 Å². The topological polar surface area (TPSA) is 65.1 Å². The van der Waals surface area contributed by atoms with Crippen LogP contribution >= 0.6 is 0 Å². The van der Waals surface area contributed by atoms with Crippen molar-refractivity contribution in [2.45, 2.75) is 12.5 Å². The minimum absolute atomic E-state index is 0.175. The second-order valence-corrected chi connectivity index (χ2v) is 3.89. The molecule has 6 nitrogen and oxygen atoms in total. The Bertz CT molecular complexity index is 274. The molecule has 1 atom stereocenters. The Morgan fingerprint density at radius 3 is 2.81 bits per heavy atom. The summed E-state index contributed by atoms with van der Waals surface area (Å²) in [5.41, 5.74) is 0. The quantitative estimate of drug-likeness (QED) is 0.589. The fourth-order valence-corrected chi connectivity index (χ4v) is 1.73. The Balaban J connectivity index is 1.69. The first kappa shape index (κ1) is 11.3. The molecule has 0 aromatic rings. The lowest BCUT2D eigenvalue weighted by Gasteiger charge is -2.25. The molecular formula is C10H15NO5. The molecule has 6 heteroatoms. The maximum Gasteiger partial charge on any atom is 0.320 e. The predicted molar refractivity (Wildman–Crippen MR) is 52.7 cm³/mol. The largest absolute Gasteiger partial charge is 0.462 e. The fourth-order valence-electron chi connectivity index (χ4n) is 1.73. The van der Waals surface area contributed by atoms with Crippen molar-refractivity contribution in [3.8, 4) is 0 Å². The van der Waals surface area contributed by atoms with E-state index in [9.17, 15) is 9.59 Å². The number of rotatable bonds is 3. The molecule has 2 saturated heterocycles. The summed E-state index contributed by atoms with van der Waals surface area (Å²) >= 11 is 0. The summed E-state index contributed by atoms with van der Waals surface area (Å²) < 4.78 is 15.0. The average Bonchev–Trinajstić information content (AvgIpc) is 2.65. The molecule has 1 unspecified atom stereocenters. The molecule has 2 rings (SSSR count). The highest BCUT2D eigenvalue weighted by Crippen LogP contribution is 2.10. The van der Waals surface area contributed by atoms with Gasteiger partial charge in [0.1, 0.15) is 12.7 Å². The van der Waals surface area contributed by atoms with Gasteiger partial charge in [0, 0.05) is 13.1 Å². The highest BCUT2D eigenvalue weighted by molar-refractivity contribution is 5.75. The van der Waals surface area contributed by atoms with Gasteiger partial charge in [0.05, 0.1) is 26.2 Å². The lowest BCUT2D eigenvalue weighted by Crippen LogP contribution is -2.40. The normalized spacial score (nSPS) is 26.5. The van der Waals surface area contributed by atoms with Crippen LogP contribution in [0.15, 0.2) is 0 Å². The van der Waals surface area contributed by atoms with Crippen LogP contribution in [0.2, 0.25) is 0 Å². The van der Waals surface area contributed by atoms with E-state index < -0.39 is 6.10 Å². The van der Waals surface area contributed by atoms with Crippen LogP contribution in [0.3, 0.4) is 0 Å². The highest BCUT2D eigenvalue weighted by Gasteiger charge is 2.27. The van der Waals surface area contributed by atoms with Gasteiger partial charge in [-0.1, -0.05) is 0 Å². The van der Waals surface area contributed by atoms with E-state index >= 15 is 0 Å². The molecule has 0 N–H and O–H groups in total. The van der Waals surface area contributed by atoms with Crippen molar-refractivity contribution in [1.29, 1.82) is 0 Å². The van der Waals surface area contributed by atoms with Crippen molar-refractivity contribution in [1.82, 2.24) is 4.90 Å². The molecule has 0 saturated carbocycles. The zero-order valence-electron chi connectivity index (χ0n) is 9.02. The fraction of sp³-hybridized carbons (Fsp3) is 0.800. The standard InChI is InChI=1S/C10H15NO5/c12-9-5-8(7-15-9)16-10(13)6-11-1-3-14-4-2-11/h8H,1-7H2. The van der Waals surface area contributed by atoms with Gasteiger partial charge in [-0.15, -0.1) is 0 Å². The van der Waals surface area contributed by atoms with Crippen LogP contribution < -0.4 is 0 Å². The van der Waals surface area contributed by atoms with Gasteiger partial charge in [-0.3, -0.25) is 14.5 Å². The van der Waals surface area contributed by atoms with E-state index in [-0.39, 0.29) is 31.5 Å². The number of esters is 2. The summed E-state index contributed by atoms with van der Waals surface area (Å²) in [6.45, 7) is 3.24. The number of nitrogens with zero attached hydrogens (tertiary/aromatic N) is 1. The summed E-state index contributed by atoms with van der Waals surface area (Å²) in [4.78, 5) is 24.3.